The van der Waals surface area contributed by atoms with Gasteiger partial charge in [-0.2, -0.15) is 4.31 Å². The van der Waals surface area contributed by atoms with Gasteiger partial charge in [0.1, 0.15) is 0 Å². The van der Waals surface area contributed by atoms with Gasteiger partial charge in [0.2, 0.25) is 10.0 Å². The van der Waals surface area contributed by atoms with Gasteiger partial charge in [-0.05, 0) is 30.9 Å². The van der Waals surface area contributed by atoms with Gasteiger partial charge < -0.3 is 0 Å². The quantitative estimate of drug-likeness (QED) is 0.594. The van der Waals surface area contributed by atoms with Crippen LogP contribution in [0.25, 0.3) is 0 Å². The fraction of sp³-hybridized carbons (Fsp3) is 0.600. The molecule has 1 aliphatic carbocycles. The van der Waals surface area contributed by atoms with Crippen LogP contribution in [-0.4, -0.2) is 30.2 Å². The molecular weight excluding hydrogens is 304 g/mol. The van der Waals surface area contributed by atoms with E-state index in [0.29, 0.717) is 6.54 Å². The summed E-state index contributed by atoms with van der Waals surface area (Å²) >= 11 is 0. The summed E-state index contributed by atoms with van der Waals surface area (Å²) in [6, 6.07) is 5.19. The van der Waals surface area contributed by atoms with Crippen LogP contribution in [0.1, 0.15) is 39.5 Å². The fourth-order valence-corrected chi connectivity index (χ4v) is 4.72. The standard InChI is InChI=1S/C15H22N2O4S/c1-12(2)11-16(13-5-3-4-6-13)22(20,21)15-9-7-14(8-10-15)17(18)19/h7-10,12-13H,3-6,11H2,1-2H3. The van der Waals surface area contributed by atoms with Crippen molar-refractivity contribution in [3.8, 4) is 0 Å². The maximum Gasteiger partial charge on any atom is 0.269 e. The minimum Gasteiger partial charge on any atom is -0.258 e. The van der Waals surface area contributed by atoms with E-state index in [1.165, 1.54) is 24.3 Å². The molecule has 0 saturated heterocycles. The summed E-state index contributed by atoms with van der Waals surface area (Å²) in [5.41, 5.74) is -0.102. The number of hydrogen-bond donors (Lipinski definition) is 0. The molecule has 1 aromatic rings. The lowest BCUT2D eigenvalue weighted by Crippen LogP contribution is -2.41. The van der Waals surface area contributed by atoms with E-state index in [4.69, 9.17) is 0 Å². The Morgan fingerprint density at radius 2 is 1.77 bits per heavy atom. The minimum absolute atomic E-state index is 0.0441. The molecule has 0 N–H and O–H groups in total. The molecule has 1 saturated carbocycles. The molecule has 1 aliphatic rings. The lowest BCUT2D eigenvalue weighted by Gasteiger charge is -2.29. The number of sulfonamides is 1. The van der Waals surface area contributed by atoms with E-state index in [0.717, 1.165) is 25.7 Å². The van der Waals surface area contributed by atoms with E-state index in [1.54, 1.807) is 4.31 Å². The lowest BCUT2D eigenvalue weighted by molar-refractivity contribution is -0.384. The van der Waals surface area contributed by atoms with Gasteiger partial charge in [0, 0.05) is 24.7 Å². The predicted octanol–water partition coefficient (Wildman–Crippen LogP) is 3.18. The van der Waals surface area contributed by atoms with Gasteiger partial charge in [0.15, 0.2) is 0 Å². The molecule has 0 spiro atoms. The van der Waals surface area contributed by atoms with Crippen LogP contribution in [0.15, 0.2) is 29.2 Å². The second kappa shape index (κ2) is 6.75. The Balaban J connectivity index is 2.32. The molecule has 0 heterocycles. The first kappa shape index (κ1) is 16.9. The molecular formula is C15H22N2O4S. The van der Waals surface area contributed by atoms with Crippen LogP contribution < -0.4 is 0 Å². The molecule has 122 valence electrons. The highest BCUT2D eigenvalue weighted by Crippen LogP contribution is 2.30. The number of nitrogens with zero attached hydrogens (tertiary/aromatic N) is 2. The van der Waals surface area contributed by atoms with E-state index in [-0.39, 0.29) is 22.5 Å². The zero-order valence-corrected chi connectivity index (χ0v) is 13.8. The van der Waals surface area contributed by atoms with E-state index in [2.05, 4.69) is 0 Å². The van der Waals surface area contributed by atoms with E-state index >= 15 is 0 Å². The molecule has 0 amide bonds. The summed E-state index contributed by atoms with van der Waals surface area (Å²) in [5.74, 6) is 0.230. The van der Waals surface area contributed by atoms with Crippen molar-refractivity contribution in [3.63, 3.8) is 0 Å². The smallest absolute Gasteiger partial charge is 0.258 e. The van der Waals surface area contributed by atoms with E-state index in [9.17, 15) is 18.5 Å². The van der Waals surface area contributed by atoms with Crippen LogP contribution in [0.4, 0.5) is 5.69 Å². The van der Waals surface area contributed by atoms with Gasteiger partial charge in [-0.1, -0.05) is 26.7 Å². The lowest BCUT2D eigenvalue weighted by atomic mass is 10.2. The highest BCUT2D eigenvalue weighted by Gasteiger charge is 2.33. The zero-order valence-electron chi connectivity index (χ0n) is 12.9. The molecule has 0 aromatic heterocycles. The Hall–Kier alpha value is -1.47. The molecule has 0 radical (unpaired) electrons. The fourth-order valence-electron chi connectivity index (χ4n) is 2.87. The normalized spacial score (nSPS) is 16.5. The van der Waals surface area contributed by atoms with Crippen molar-refractivity contribution in [1.29, 1.82) is 0 Å². The Morgan fingerprint density at radius 3 is 2.23 bits per heavy atom. The molecule has 22 heavy (non-hydrogen) atoms. The third-order valence-corrected chi connectivity index (χ3v) is 5.86. The van der Waals surface area contributed by atoms with E-state index < -0.39 is 14.9 Å². The van der Waals surface area contributed by atoms with Crippen LogP contribution in [0, 0.1) is 16.0 Å². The Morgan fingerprint density at radius 1 is 1.23 bits per heavy atom. The van der Waals surface area contributed by atoms with Crippen molar-refractivity contribution in [2.24, 2.45) is 5.92 Å². The van der Waals surface area contributed by atoms with Crippen molar-refractivity contribution in [2.45, 2.75) is 50.5 Å². The summed E-state index contributed by atoms with van der Waals surface area (Å²) in [4.78, 5) is 10.3. The largest absolute Gasteiger partial charge is 0.269 e. The topological polar surface area (TPSA) is 80.5 Å². The maximum absolute atomic E-state index is 12.9. The number of benzene rings is 1. The summed E-state index contributed by atoms with van der Waals surface area (Å²) in [6.07, 6.45) is 3.88. The average Bonchev–Trinajstić information content (AvgIpc) is 2.98. The molecule has 0 unspecified atom stereocenters. The first-order chi connectivity index (χ1) is 10.3. The second-order valence-electron chi connectivity index (χ2n) is 6.16. The molecule has 6 nitrogen and oxygen atoms in total. The third kappa shape index (κ3) is 3.64. The van der Waals surface area contributed by atoms with Gasteiger partial charge in [0.25, 0.3) is 5.69 Å². The molecule has 1 aromatic carbocycles. The molecule has 0 atom stereocenters. The monoisotopic (exact) mass is 326 g/mol. The van der Waals surface area contributed by atoms with Crippen molar-refractivity contribution in [2.75, 3.05) is 6.54 Å². The number of hydrogen-bond acceptors (Lipinski definition) is 4. The maximum atomic E-state index is 12.9. The van der Waals surface area contributed by atoms with Crippen LogP contribution in [0.2, 0.25) is 0 Å². The minimum atomic E-state index is -3.61. The van der Waals surface area contributed by atoms with Crippen LogP contribution >= 0.6 is 0 Å². The SMILES string of the molecule is CC(C)CN(C1CCCC1)S(=O)(=O)c1ccc([N+](=O)[O-])cc1. The van der Waals surface area contributed by atoms with Gasteiger partial charge >= 0.3 is 0 Å². The zero-order chi connectivity index (χ0) is 16.3. The highest BCUT2D eigenvalue weighted by molar-refractivity contribution is 7.89. The van der Waals surface area contributed by atoms with Crippen molar-refractivity contribution < 1.29 is 13.3 Å². The predicted molar refractivity (Wildman–Crippen MR) is 84.1 cm³/mol. The number of rotatable bonds is 6. The van der Waals surface area contributed by atoms with Crippen molar-refractivity contribution in [1.82, 2.24) is 4.31 Å². The van der Waals surface area contributed by atoms with Crippen LogP contribution in [0.5, 0.6) is 0 Å². The van der Waals surface area contributed by atoms with Crippen LogP contribution in [0.3, 0.4) is 0 Å². The first-order valence-electron chi connectivity index (χ1n) is 7.58. The molecule has 0 aliphatic heterocycles. The summed E-state index contributed by atoms with van der Waals surface area (Å²) in [7, 11) is -3.61. The third-order valence-electron chi connectivity index (χ3n) is 3.93. The Bertz CT molecular complexity index is 619. The van der Waals surface area contributed by atoms with Crippen LogP contribution in [-0.2, 0) is 10.0 Å². The second-order valence-corrected chi connectivity index (χ2v) is 8.05. The molecule has 1 fully saturated rings. The van der Waals surface area contributed by atoms with E-state index in [1.807, 2.05) is 13.8 Å². The van der Waals surface area contributed by atoms with Gasteiger partial charge in [0.05, 0.1) is 9.82 Å². The molecule has 7 heteroatoms. The highest BCUT2D eigenvalue weighted by atomic mass is 32.2. The Labute approximate surface area is 131 Å². The van der Waals surface area contributed by atoms with Crippen molar-refractivity contribution in [3.05, 3.63) is 34.4 Å². The van der Waals surface area contributed by atoms with Gasteiger partial charge in [-0.3, -0.25) is 10.1 Å². The summed E-state index contributed by atoms with van der Waals surface area (Å²) in [6.45, 7) is 4.46. The van der Waals surface area contributed by atoms with Gasteiger partial charge in [-0.25, -0.2) is 8.42 Å². The molecule has 2 rings (SSSR count). The molecule has 0 bridgehead atoms. The summed E-state index contributed by atoms with van der Waals surface area (Å²) in [5, 5.41) is 10.7. The number of nitro groups is 1. The summed E-state index contributed by atoms with van der Waals surface area (Å²) < 4.78 is 27.4. The number of non-ortho nitro benzene ring substituents is 1. The number of nitro benzene ring substituents is 1. The average molecular weight is 326 g/mol. The first-order valence-corrected chi connectivity index (χ1v) is 9.02. The Kier molecular flexibility index (Phi) is 5.18. The van der Waals surface area contributed by atoms with Crippen molar-refractivity contribution >= 4 is 15.7 Å². The van der Waals surface area contributed by atoms with Gasteiger partial charge in [-0.15, -0.1) is 0 Å².